The summed E-state index contributed by atoms with van der Waals surface area (Å²) in [6.45, 7) is 0.769. The lowest BCUT2D eigenvalue weighted by molar-refractivity contribution is -0.137. The summed E-state index contributed by atoms with van der Waals surface area (Å²) in [4.78, 5) is 39.6. The van der Waals surface area contributed by atoms with E-state index < -0.39 is 67.1 Å². The van der Waals surface area contributed by atoms with Crippen molar-refractivity contribution in [3.8, 4) is 6.07 Å². The fraction of sp³-hybridized carbons (Fsp3) is 0.303. The lowest BCUT2D eigenvalue weighted by Crippen LogP contribution is -2.50. The molecule has 3 N–H and O–H groups in total. The zero-order chi connectivity index (χ0) is 35.7. The van der Waals surface area contributed by atoms with Gasteiger partial charge in [-0.25, -0.2) is 17.9 Å². The Labute approximate surface area is 277 Å². The molecule has 0 bridgehead atoms. The number of nitrogens with zero attached hydrogens (tertiary/aromatic N) is 3. The molecule has 1 atom stereocenters. The molecular formula is C33H29F4N5O6S. The van der Waals surface area contributed by atoms with Gasteiger partial charge in [0.15, 0.2) is 15.4 Å². The zero-order valence-corrected chi connectivity index (χ0v) is 26.7. The number of likely N-dealkylation sites (tertiary alicyclic amines) is 1. The highest BCUT2D eigenvalue weighted by Gasteiger charge is 2.41. The van der Waals surface area contributed by atoms with Crippen LogP contribution in [0.1, 0.15) is 52.5 Å². The summed E-state index contributed by atoms with van der Waals surface area (Å²) in [5.41, 5.74) is -4.49. The van der Waals surface area contributed by atoms with Crippen LogP contribution >= 0.6 is 0 Å². The Kier molecular flexibility index (Phi) is 9.62. The molecule has 2 heterocycles. The third kappa shape index (κ3) is 7.63. The van der Waals surface area contributed by atoms with Crippen molar-refractivity contribution in [1.29, 1.82) is 5.26 Å². The number of fused-ring (bicyclic) bond motifs is 1. The standard InChI is InChI=1S/C33H29F4N5O6S/c1-32(46,31(45)39-21-8-7-20(17-38)26(16-21)33(35,36)37)18-49(47,48)22-10-12-42(13-11-22)30(44)25-14-19(6-9-27(25)34)15-28-23-4-2-3-5-24(23)29(43)41-40-28/h2-9,14,16,22,46H,10-13,15,18H2,1H3,(H,39,45)(H,41,43). The van der Waals surface area contributed by atoms with E-state index in [-0.39, 0.29) is 43.5 Å². The summed E-state index contributed by atoms with van der Waals surface area (Å²) in [7, 11) is -4.18. The Morgan fingerprint density at radius 1 is 1.08 bits per heavy atom. The zero-order valence-electron chi connectivity index (χ0n) is 25.8. The third-order valence-corrected chi connectivity index (χ3v) is 10.8. The Morgan fingerprint density at radius 2 is 1.76 bits per heavy atom. The van der Waals surface area contributed by atoms with E-state index in [1.165, 1.54) is 23.1 Å². The van der Waals surface area contributed by atoms with Crippen LogP contribution in [0, 0.1) is 17.1 Å². The summed E-state index contributed by atoms with van der Waals surface area (Å²) in [5.74, 6) is -3.78. The number of halogens is 4. The number of nitrogens with one attached hydrogen (secondary N) is 2. The fourth-order valence-corrected chi connectivity index (χ4v) is 7.81. The minimum absolute atomic E-state index is 0.0711. The molecule has 256 valence electrons. The van der Waals surface area contributed by atoms with E-state index in [4.69, 9.17) is 5.26 Å². The molecule has 49 heavy (non-hydrogen) atoms. The van der Waals surface area contributed by atoms with Crippen molar-refractivity contribution >= 4 is 38.1 Å². The van der Waals surface area contributed by atoms with Crippen LogP contribution < -0.4 is 10.9 Å². The van der Waals surface area contributed by atoms with Crippen molar-refractivity contribution in [2.45, 2.75) is 43.2 Å². The van der Waals surface area contributed by atoms with Gasteiger partial charge in [0, 0.05) is 30.6 Å². The van der Waals surface area contributed by atoms with Crippen LogP contribution in [0.5, 0.6) is 0 Å². The molecule has 4 aromatic rings. The lowest BCUT2D eigenvalue weighted by atomic mass is 10.0. The molecule has 2 amide bonds. The number of amides is 2. The number of nitriles is 1. The van der Waals surface area contributed by atoms with Crippen molar-refractivity contribution in [2.75, 3.05) is 24.2 Å². The summed E-state index contributed by atoms with van der Waals surface area (Å²) in [6, 6.07) is 14.6. The van der Waals surface area contributed by atoms with E-state index in [1.807, 2.05) is 0 Å². The van der Waals surface area contributed by atoms with Crippen molar-refractivity contribution in [3.05, 3.63) is 105 Å². The molecule has 1 unspecified atom stereocenters. The Hall–Kier alpha value is -5.14. The number of hydrogen-bond acceptors (Lipinski definition) is 8. The van der Waals surface area contributed by atoms with E-state index in [1.54, 1.807) is 24.3 Å². The predicted octanol–water partition coefficient (Wildman–Crippen LogP) is 3.95. The van der Waals surface area contributed by atoms with Crippen LogP contribution in [0.3, 0.4) is 0 Å². The molecular weight excluding hydrogens is 670 g/mol. The molecule has 1 aliphatic rings. The molecule has 0 radical (unpaired) electrons. The van der Waals surface area contributed by atoms with Crippen molar-refractivity contribution in [3.63, 3.8) is 0 Å². The van der Waals surface area contributed by atoms with Gasteiger partial charge in [0.25, 0.3) is 17.4 Å². The van der Waals surface area contributed by atoms with Gasteiger partial charge in [-0.3, -0.25) is 14.4 Å². The van der Waals surface area contributed by atoms with Gasteiger partial charge in [-0.15, -0.1) is 0 Å². The van der Waals surface area contributed by atoms with Crippen LogP contribution in [0.2, 0.25) is 0 Å². The van der Waals surface area contributed by atoms with Crippen LogP contribution in [0.4, 0.5) is 23.2 Å². The van der Waals surface area contributed by atoms with Crippen LogP contribution in [0.25, 0.3) is 10.8 Å². The number of carbonyl (C=O) groups excluding carboxylic acids is 2. The van der Waals surface area contributed by atoms with Gasteiger partial charge in [0.2, 0.25) is 0 Å². The van der Waals surface area contributed by atoms with E-state index >= 15 is 0 Å². The summed E-state index contributed by atoms with van der Waals surface area (Å²) in [6.07, 6.45) is -4.88. The van der Waals surface area contributed by atoms with Gasteiger partial charge < -0.3 is 15.3 Å². The molecule has 1 aliphatic heterocycles. The number of benzene rings is 3. The number of carbonyl (C=O) groups is 2. The molecule has 0 saturated carbocycles. The Morgan fingerprint density at radius 3 is 2.41 bits per heavy atom. The van der Waals surface area contributed by atoms with E-state index in [0.717, 1.165) is 25.1 Å². The maximum Gasteiger partial charge on any atom is 0.417 e. The normalized spacial score (nSPS) is 15.4. The molecule has 1 fully saturated rings. The van der Waals surface area contributed by atoms with E-state index in [0.29, 0.717) is 28.1 Å². The Bertz CT molecular complexity index is 2150. The smallest absolute Gasteiger partial charge is 0.379 e. The summed E-state index contributed by atoms with van der Waals surface area (Å²) in [5, 5.41) is 28.3. The van der Waals surface area contributed by atoms with Crippen molar-refractivity contribution < 1.29 is 40.7 Å². The van der Waals surface area contributed by atoms with Gasteiger partial charge in [0.05, 0.1) is 44.8 Å². The largest absolute Gasteiger partial charge is 0.417 e. The molecule has 16 heteroatoms. The highest BCUT2D eigenvalue weighted by atomic mass is 32.2. The van der Waals surface area contributed by atoms with Crippen LogP contribution in [0.15, 0.2) is 65.5 Å². The number of alkyl halides is 3. The molecule has 11 nitrogen and oxygen atoms in total. The van der Waals surface area contributed by atoms with Crippen LogP contribution in [-0.4, -0.2) is 70.1 Å². The SMILES string of the molecule is CC(O)(CS(=O)(=O)C1CCN(C(=O)c2cc(Cc3n[nH]c(=O)c4ccccc34)ccc2F)CC1)C(=O)Nc1ccc(C#N)c(C(F)(F)F)c1. The fourth-order valence-electron chi connectivity index (χ4n) is 5.73. The molecule has 0 spiro atoms. The number of sulfone groups is 1. The highest BCUT2D eigenvalue weighted by Crippen LogP contribution is 2.34. The summed E-state index contributed by atoms with van der Waals surface area (Å²) < 4.78 is 81.3. The first-order valence-corrected chi connectivity index (χ1v) is 16.6. The van der Waals surface area contributed by atoms with E-state index in [9.17, 15) is 45.5 Å². The number of aliphatic hydroxyl groups is 1. The highest BCUT2D eigenvalue weighted by molar-refractivity contribution is 7.92. The molecule has 5 rings (SSSR count). The average Bonchev–Trinajstić information content (AvgIpc) is 3.06. The number of anilines is 1. The minimum Gasteiger partial charge on any atom is -0.379 e. The van der Waals surface area contributed by atoms with Gasteiger partial charge >= 0.3 is 6.18 Å². The first-order valence-electron chi connectivity index (χ1n) is 14.9. The number of hydrogen-bond donors (Lipinski definition) is 3. The second-order valence-electron chi connectivity index (χ2n) is 11.9. The third-order valence-electron chi connectivity index (χ3n) is 8.32. The molecule has 1 aromatic heterocycles. The molecule has 0 aliphatic carbocycles. The first-order chi connectivity index (χ1) is 23.0. The lowest BCUT2D eigenvalue weighted by Gasteiger charge is -2.33. The first kappa shape index (κ1) is 35.2. The van der Waals surface area contributed by atoms with Gasteiger partial charge in [-0.05, 0) is 61.7 Å². The minimum atomic E-state index is -4.90. The van der Waals surface area contributed by atoms with Crippen LogP contribution in [-0.2, 0) is 27.2 Å². The molecule has 1 saturated heterocycles. The molecule has 3 aromatic carbocycles. The van der Waals surface area contributed by atoms with Gasteiger partial charge in [-0.2, -0.15) is 23.5 Å². The monoisotopic (exact) mass is 699 g/mol. The van der Waals surface area contributed by atoms with E-state index in [2.05, 4.69) is 15.5 Å². The topological polar surface area (TPSA) is 173 Å². The maximum absolute atomic E-state index is 14.9. The van der Waals surface area contributed by atoms with Gasteiger partial charge in [0.1, 0.15) is 5.82 Å². The number of H-pyrrole nitrogens is 1. The maximum atomic E-state index is 14.9. The number of piperidine rings is 1. The second-order valence-corrected chi connectivity index (χ2v) is 14.2. The van der Waals surface area contributed by atoms with Gasteiger partial charge in [-0.1, -0.05) is 24.3 Å². The van der Waals surface area contributed by atoms with Crippen molar-refractivity contribution in [2.24, 2.45) is 0 Å². The summed E-state index contributed by atoms with van der Waals surface area (Å²) >= 11 is 0. The second kappa shape index (κ2) is 13.4. The predicted molar refractivity (Wildman–Crippen MR) is 170 cm³/mol. The number of aromatic nitrogens is 2. The number of aromatic amines is 1. The number of rotatable bonds is 8. The quantitative estimate of drug-likeness (QED) is 0.232. The average molecular weight is 700 g/mol. The Balaban J connectivity index is 1.23. The van der Waals surface area contributed by atoms with Crippen molar-refractivity contribution in [1.82, 2.24) is 15.1 Å².